The Balaban J connectivity index is 1.77. The van der Waals surface area contributed by atoms with Gasteiger partial charge in [0.2, 0.25) is 5.91 Å². The van der Waals surface area contributed by atoms with Gasteiger partial charge in [0, 0.05) is 18.1 Å². The summed E-state index contributed by atoms with van der Waals surface area (Å²) in [6, 6.07) is 2.70. The summed E-state index contributed by atoms with van der Waals surface area (Å²) in [6.07, 6.45) is 2.95. The standard InChI is InChI=1S/C17H20F2N2O2S/c1-10(22)20-9-13-8-16(21-23-13)12-6-14(18)17(15(19)7-12)11-2-4-24-5-3-11/h6-8,11,13,21H,2-5,9H2,1H3,(H,20,22). The van der Waals surface area contributed by atoms with Crippen molar-refractivity contribution in [3.63, 3.8) is 0 Å². The van der Waals surface area contributed by atoms with Crippen LogP contribution in [0, 0.1) is 11.6 Å². The molecular weight excluding hydrogens is 334 g/mol. The molecule has 2 N–H and O–H groups in total. The number of rotatable bonds is 4. The fraction of sp³-hybridized carbons (Fsp3) is 0.471. The fourth-order valence-electron chi connectivity index (χ4n) is 3.01. The maximum Gasteiger partial charge on any atom is 0.216 e. The normalized spacial score (nSPS) is 21.3. The van der Waals surface area contributed by atoms with E-state index < -0.39 is 11.6 Å². The molecule has 0 aromatic heterocycles. The van der Waals surface area contributed by atoms with Gasteiger partial charge in [-0.15, -0.1) is 0 Å². The van der Waals surface area contributed by atoms with Crippen molar-refractivity contribution >= 4 is 23.4 Å². The predicted molar refractivity (Wildman–Crippen MR) is 90.3 cm³/mol. The van der Waals surface area contributed by atoms with Gasteiger partial charge in [0.05, 0.1) is 12.2 Å². The Hall–Kier alpha value is -1.60. The zero-order valence-corrected chi connectivity index (χ0v) is 14.2. The van der Waals surface area contributed by atoms with E-state index in [0.29, 0.717) is 17.8 Å². The molecule has 24 heavy (non-hydrogen) atoms. The summed E-state index contributed by atoms with van der Waals surface area (Å²) >= 11 is 1.82. The Morgan fingerprint density at radius 3 is 2.62 bits per heavy atom. The maximum absolute atomic E-state index is 14.5. The molecule has 0 aliphatic carbocycles. The van der Waals surface area contributed by atoms with Crippen LogP contribution < -0.4 is 10.8 Å². The van der Waals surface area contributed by atoms with Gasteiger partial charge in [-0.25, -0.2) is 8.78 Å². The van der Waals surface area contributed by atoms with Gasteiger partial charge >= 0.3 is 0 Å². The third kappa shape index (κ3) is 3.89. The quantitative estimate of drug-likeness (QED) is 0.873. The van der Waals surface area contributed by atoms with Crippen LogP contribution in [0.5, 0.6) is 0 Å². The molecular formula is C17H20F2N2O2S. The summed E-state index contributed by atoms with van der Waals surface area (Å²) in [7, 11) is 0. The van der Waals surface area contributed by atoms with Gasteiger partial charge in [-0.1, -0.05) is 0 Å². The van der Waals surface area contributed by atoms with E-state index in [9.17, 15) is 13.6 Å². The minimum Gasteiger partial charge on any atom is -0.353 e. The SMILES string of the molecule is CC(=O)NCC1C=C(c2cc(F)c(C3CCSCC3)c(F)c2)NO1. The minimum absolute atomic E-state index is 0.0467. The van der Waals surface area contributed by atoms with Gasteiger partial charge in [0.1, 0.15) is 17.7 Å². The van der Waals surface area contributed by atoms with E-state index >= 15 is 0 Å². The smallest absolute Gasteiger partial charge is 0.216 e. The lowest BCUT2D eigenvalue weighted by Crippen LogP contribution is -2.30. The monoisotopic (exact) mass is 354 g/mol. The molecule has 2 aliphatic heterocycles. The molecule has 1 atom stereocenters. The molecule has 0 bridgehead atoms. The number of carbonyl (C=O) groups is 1. The lowest BCUT2D eigenvalue weighted by Gasteiger charge is -2.23. The number of hydrogen-bond acceptors (Lipinski definition) is 4. The largest absolute Gasteiger partial charge is 0.353 e. The van der Waals surface area contributed by atoms with E-state index in [2.05, 4.69) is 10.8 Å². The maximum atomic E-state index is 14.5. The van der Waals surface area contributed by atoms with Crippen molar-refractivity contribution in [2.45, 2.75) is 31.8 Å². The molecule has 2 aliphatic rings. The first-order valence-corrected chi connectivity index (χ1v) is 9.15. The number of amides is 1. The van der Waals surface area contributed by atoms with Crippen LogP contribution in [0.1, 0.15) is 36.8 Å². The molecule has 0 spiro atoms. The van der Waals surface area contributed by atoms with Crippen molar-refractivity contribution in [2.75, 3.05) is 18.1 Å². The van der Waals surface area contributed by atoms with Crippen LogP contribution in [0.3, 0.4) is 0 Å². The number of hydrogen-bond donors (Lipinski definition) is 2. The van der Waals surface area contributed by atoms with Crippen molar-refractivity contribution in [1.29, 1.82) is 0 Å². The molecule has 1 unspecified atom stereocenters. The van der Waals surface area contributed by atoms with Gasteiger partial charge in [-0.05, 0) is 48.5 Å². The first-order valence-electron chi connectivity index (χ1n) is 7.99. The number of thioether (sulfide) groups is 1. The first-order chi connectivity index (χ1) is 11.5. The summed E-state index contributed by atoms with van der Waals surface area (Å²) in [6.45, 7) is 1.72. The Kier molecular flexibility index (Phi) is 5.40. The Morgan fingerprint density at radius 2 is 2.00 bits per heavy atom. The summed E-state index contributed by atoms with van der Waals surface area (Å²) in [5.74, 6) is 0.666. The molecule has 0 radical (unpaired) electrons. The highest BCUT2D eigenvalue weighted by Crippen LogP contribution is 2.35. The number of benzene rings is 1. The van der Waals surface area contributed by atoms with Crippen LogP contribution in [0.15, 0.2) is 18.2 Å². The topological polar surface area (TPSA) is 50.4 Å². The molecule has 130 valence electrons. The van der Waals surface area contributed by atoms with Crippen LogP contribution in [-0.2, 0) is 9.63 Å². The van der Waals surface area contributed by atoms with Gasteiger partial charge in [0.25, 0.3) is 0 Å². The number of carbonyl (C=O) groups excluding carboxylic acids is 1. The molecule has 1 aromatic carbocycles. The highest BCUT2D eigenvalue weighted by molar-refractivity contribution is 7.99. The highest BCUT2D eigenvalue weighted by Gasteiger charge is 2.25. The zero-order valence-electron chi connectivity index (χ0n) is 13.4. The van der Waals surface area contributed by atoms with Gasteiger partial charge in [-0.3, -0.25) is 15.1 Å². The Bertz CT molecular complexity index is 637. The third-order valence-corrected chi connectivity index (χ3v) is 5.29. The molecule has 2 heterocycles. The second-order valence-corrected chi connectivity index (χ2v) is 7.24. The van der Waals surface area contributed by atoms with Gasteiger partial charge in [-0.2, -0.15) is 11.8 Å². The molecule has 1 aromatic rings. The van der Waals surface area contributed by atoms with Crippen molar-refractivity contribution in [3.8, 4) is 0 Å². The van der Waals surface area contributed by atoms with E-state index in [-0.39, 0.29) is 23.5 Å². The Morgan fingerprint density at radius 1 is 1.33 bits per heavy atom. The number of nitrogens with one attached hydrogen (secondary N) is 2. The molecule has 1 saturated heterocycles. The summed E-state index contributed by atoms with van der Waals surface area (Å²) in [5, 5.41) is 2.64. The second-order valence-electron chi connectivity index (χ2n) is 6.02. The highest BCUT2D eigenvalue weighted by atomic mass is 32.2. The van der Waals surface area contributed by atoms with Crippen molar-refractivity contribution < 1.29 is 18.4 Å². The zero-order chi connectivity index (χ0) is 17.1. The van der Waals surface area contributed by atoms with E-state index in [1.54, 1.807) is 6.08 Å². The average molecular weight is 354 g/mol. The average Bonchev–Trinajstić information content (AvgIpc) is 3.02. The van der Waals surface area contributed by atoms with E-state index in [1.165, 1.54) is 19.1 Å². The molecule has 1 fully saturated rings. The van der Waals surface area contributed by atoms with Crippen LogP contribution in [0.25, 0.3) is 5.70 Å². The minimum atomic E-state index is -0.505. The van der Waals surface area contributed by atoms with Crippen LogP contribution in [0.4, 0.5) is 8.78 Å². The van der Waals surface area contributed by atoms with E-state index in [1.807, 2.05) is 11.8 Å². The lowest BCUT2D eigenvalue weighted by atomic mass is 9.91. The van der Waals surface area contributed by atoms with Gasteiger partial charge < -0.3 is 5.32 Å². The van der Waals surface area contributed by atoms with Crippen LogP contribution in [-0.4, -0.2) is 30.1 Å². The molecule has 0 saturated carbocycles. The van der Waals surface area contributed by atoms with Crippen LogP contribution in [0.2, 0.25) is 0 Å². The summed E-state index contributed by atoms with van der Waals surface area (Å²) < 4.78 is 29.0. The summed E-state index contributed by atoms with van der Waals surface area (Å²) in [4.78, 5) is 16.2. The van der Waals surface area contributed by atoms with Crippen molar-refractivity contribution in [1.82, 2.24) is 10.8 Å². The van der Waals surface area contributed by atoms with E-state index in [0.717, 1.165) is 24.3 Å². The molecule has 3 rings (SSSR count). The van der Waals surface area contributed by atoms with Crippen molar-refractivity contribution in [3.05, 3.63) is 41.0 Å². The first kappa shape index (κ1) is 17.2. The number of halogens is 2. The third-order valence-electron chi connectivity index (χ3n) is 4.24. The fourth-order valence-corrected chi connectivity index (χ4v) is 4.12. The van der Waals surface area contributed by atoms with Crippen LogP contribution >= 0.6 is 11.8 Å². The Labute approximate surface area is 144 Å². The predicted octanol–water partition coefficient (Wildman–Crippen LogP) is 2.96. The number of hydroxylamine groups is 1. The summed E-state index contributed by atoms with van der Waals surface area (Å²) in [5.41, 5.74) is 3.79. The van der Waals surface area contributed by atoms with Crippen molar-refractivity contribution in [2.24, 2.45) is 0 Å². The second kappa shape index (κ2) is 7.53. The molecule has 1 amide bonds. The molecule has 7 heteroatoms. The lowest BCUT2D eigenvalue weighted by molar-refractivity contribution is -0.119. The molecule has 4 nitrogen and oxygen atoms in total. The van der Waals surface area contributed by atoms with Gasteiger partial charge in [0.15, 0.2) is 0 Å². The van der Waals surface area contributed by atoms with E-state index in [4.69, 9.17) is 4.84 Å².